The molecule has 0 saturated heterocycles. The maximum Gasteiger partial charge on any atom is 0.217 e. The van der Waals surface area contributed by atoms with E-state index in [1.807, 2.05) is 34.7 Å². The Hall–Kier alpha value is -2.70. The minimum atomic E-state index is -0.607. The predicted molar refractivity (Wildman–Crippen MR) is 110 cm³/mol. The fourth-order valence-corrected chi connectivity index (χ4v) is 4.71. The lowest BCUT2D eigenvalue weighted by molar-refractivity contribution is -0.0204. The Morgan fingerprint density at radius 2 is 2.07 bits per heavy atom. The number of fused-ring (bicyclic) bond motifs is 3. The van der Waals surface area contributed by atoms with E-state index in [1.54, 1.807) is 23.5 Å². The molecule has 2 aliphatic heterocycles. The van der Waals surface area contributed by atoms with Gasteiger partial charge in [-0.15, -0.1) is 11.3 Å². The molecule has 2 aromatic carbocycles. The second kappa shape index (κ2) is 6.72. The van der Waals surface area contributed by atoms with Gasteiger partial charge in [-0.25, -0.2) is 5.01 Å². The van der Waals surface area contributed by atoms with E-state index in [0.29, 0.717) is 16.3 Å². The van der Waals surface area contributed by atoms with Crippen LogP contribution < -0.4 is 9.47 Å². The molecule has 28 heavy (non-hydrogen) atoms. The average molecular weight is 413 g/mol. The van der Waals surface area contributed by atoms with Crippen LogP contribution in [0.2, 0.25) is 5.02 Å². The van der Waals surface area contributed by atoms with Gasteiger partial charge in [0.15, 0.2) is 11.5 Å². The van der Waals surface area contributed by atoms with Gasteiger partial charge in [0, 0.05) is 23.1 Å². The van der Waals surface area contributed by atoms with Crippen LogP contribution in [0, 0.1) is 0 Å². The second-order valence-corrected chi connectivity index (χ2v) is 8.06. The molecule has 0 spiro atoms. The van der Waals surface area contributed by atoms with Crippen molar-refractivity contribution in [2.45, 2.75) is 18.7 Å². The number of methoxy groups -OCH3 is 1. The minimum Gasteiger partial charge on any atom is -0.504 e. The van der Waals surface area contributed by atoms with Crippen LogP contribution in [-0.2, 0) is 0 Å². The molecular formula is C21H17ClN2O3S. The number of aromatic hydroxyl groups is 1. The van der Waals surface area contributed by atoms with Crippen molar-refractivity contribution >= 4 is 28.6 Å². The second-order valence-electron chi connectivity index (χ2n) is 6.68. The molecule has 0 saturated carbocycles. The highest BCUT2D eigenvalue weighted by Crippen LogP contribution is 2.50. The summed E-state index contributed by atoms with van der Waals surface area (Å²) in [6.45, 7) is 0. The number of benzene rings is 2. The molecule has 3 heterocycles. The van der Waals surface area contributed by atoms with Crippen molar-refractivity contribution in [3.63, 3.8) is 0 Å². The van der Waals surface area contributed by atoms with E-state index in [1.165, 1.54) is 7.11 Å². The van der Waals surface area contributed by atoms with Gasteiger partial charge in [0.2, 0.25) is 6.23 Å². The van der Waals surface area contributed by atoms with Gasteiger partial charge >= 0.3 is 0 Å². The Labute approximate surface area is 171 Å². The fraction of sp³-hybridized carbons (Fsp3) is 0.190. The zero-order valence-corrected chi connectivity index (χ0v) is 16.6. The first kappa shape index (κ1) is 17.4. The van der Waals surface area contributed by atoms with Crippen LogP contribution in [0.4, 0.5) is 0 Å². The molecule has 0 amide bonds. The number of hydrogen-bond acceptors (Lipinski definition) is 6. The molecule has 3 aromatic rings. The van der Waals surface area contributed by atoms with Crippen LogP contribution in [0.3, 0.4) is 0 Å². The molecule has 0 fully saturated rings. The topological polar surface area (TPSA) is 54.3 Å². The number of rotatable bonds is 3. The Kier molecular flexibility index (Phi) is 4.18. The smallest absolute Gasteiger partial charge is 0.217 e. The first-order valence-electron chi connectivity index (χ1n) is 8.87. The van der Waals surface area contributed by atoms with E-state index in [0.717, 1.165) is 28.3 Å². The molecular weight excluding hydrogens is 396 g/mol. The van der Waals surface area contributed by atoms with E-state index in [4.69, 9.17) is 26.2 Å². The highest BCUT2D eigenvalue weighted by atomic mass is 35.5. The van der Waals surface area contributed by atoms with Crippen molar-refractivity contribution in [2.24, 2.45) is 5.10 Å². The highest BCUT2D eigenvalue weighted by molar-refractivity contribution is 7.12. The molecule has 0 radical (unpaired) electrons. The van der Waals surface area contributed by atoms with Gasteiger partial charge in [-0.3, -0.25) is 0 Å². The molecule has 2 aliphatic rings. The Balaban J connectivity index is 1.65. The molecule has 0 aliphatic carbocycles. The third-order valence-electron chi connectivity index (χ3n) is 5.06. The number of hydrogen-bond donors (Lipinski definition) is 1. The third kappa shape index (κ3) is 2.72. The lowest BCUT2D eigenvalue weighted by Crippen LogP contribution is -2.33. The van der Waals surface area contributed by atoms with Gasteiger partial charge < -0.3 is 14.6 Å². The summed E-state index contributed by atoms with van der Waals surface area (Å²) < 4.78 is 11.6. The molecule has 2 atom stereocenters. The molecule has 5 rings (SSSR count). The number of ether oxygens (including phenoxy) is 2. The number of para-hydroxylation sites is 1. The van der Waals surface area contributed by atoms with Crippen molar-refractivity contribution in [1.29, 1.82) is 0 Å². The van der Waals surface area contributed by atoms with Crippen LogP contribution in [-0.4, -0.2) is 22.9 Å². The molecule has 5 nitrogen and oxygen atoms in total. The zero-order chi connectivity index (χ0) is 19.3. The maximum atomic E-state index is 10.7. The van der Waals surface area contributed by atoms with E-state index >= 15 is 0 Å². The summed E-state index contributed by atoms with van der Waals surface area (Å²) in [7, 11) is 1.50. The quantitative estimate of drug-likeness (QED) is 0.629. The van der Waals surface area contributed by atoms with Gasteiger partial charge in [0.1, 0.15) is 5.75 Å². The number of halogens is 1. The number of hydrazone groups is 1. The van der Waals surface area contributed by atoms with Gasteiger partial charge in [0.25, 0.3) is 0 Å². The summed E-state index contributed by atoms with van der Waals surface area (Å²) in [6.07, 6.45) is 0.167. The monoisotopic (exact) mass is 412 g/mol. The van der Waals surface area contributed by atoms with E-state index in [2.05, 4.69) is 12.1 Å². The Bertz CT molecular complexity index is 1070. The van der Waals surface area contributed by atoms with Crippen molar-refractivity contribution in [2.75, 3.05) is 7.11 Å². The summed E-state index contributed by atoms with van der Waals surface area (Å²) in [5, 5.41) is 20.1. The fourth-order valence-electron chi connectivity index (χ4n) is 3.77. The van der Waals surface area contributed by atoms with E-state index in [9.17, 15) is 5.11 Å². The van der Waals surface area contributed by atoms with Crippen LogP contribution in [0.25, 0.3) is 0 Å². The van der Waals surface area contributed by atoms with Crippen molar-refractivity contribution in [3.05, 3.63) is 74.9 Å². The number of phenolic OH excluding ortho intramolecular Hbond substituents is 1. The van der Waals surface area contributed by atoms with Gasteiger partial charge in [-0.2, -0.15) is 5.10 Å². The normalized spacial score (nSPS) is 20.2. The van der Waals surface area contributed by atoms with Crippen molar-refractivity contribution in [3.8, 4) is 17.2 Å². The third-order valence-corrected chi connectivity index (χ3v) is 6.20. The molecule has 0 bridgehead atoms. The van der Waals surface area contributed by atoms with E-state index in [-0.39, 0.29) is 11.8 Å². The summed E-state index contributed by atoms with van der Waals surface area (Å²) in [5.74, 6) is 1.10. The first-order valence-corrected chi connectivity index (χ1v) is 10.1. The molecule has 0 unspecified atom stereocenters. The Morgan fingerprint density at radius 1 is 1.21 bits per heavy atom. The van der Waals surface area contributed by atoms with Gasteiger partial charge in [-0.05, 0) is 23.6 Å². The molecule has 1 N–H and O–H groups in total. The van der Waals surface area contributed by atoms with Crippen molar-refractivity contribution in [1.82, 2.24) is 5.01 Å². The maximum absolute atomic E-state index is 10.7. The number of nitrogens with zero attached hydrogens (tertiary/aromatic N) is 2. The van der Waals surface area contributed by atoms with Crippen LogP contribution in [0.5, 0.6) is 17.2 Å². The lowest BCUT2D eigenvalue weighted by atomic mass is 9.97. The minimum absolute atomic E-state index is 0.00908. The molecule has 7 heteroatoms. The summed E-state index contributed by atoms with van der Waals surface area (Å²) in [6, 6.07) is 15.4. The number of thiophene rings is 1. The number of phenols is 1. The Morgan fingerprint density at radius 3 is 2.86 bits per heavy atom. The molecule has 1 aromatic heterocycles. The van der Waals surface area contributed by atoms with Crippen molar-refractivity contribution < 1.29 is 14.6 Å². The van der Waals surface area contributed by atoms with Crippen LogP contribution in [0.1, 0.15) is 34.7 Å². The standard InChI is InChI=1S/C21H17ClN2O3S/c1-26-18-10-12(22)9-14(20(18)25)21-24-16(13-5-2-3-6-17(13)27-21)11-15(23-24)19-7-4-8-28-19/h2-10,16,21,25H,11H2,1H3/t16-,21-/m1/s1. The predicted octanol–water partition coefficient (Wildman–Crippen LogP) is 5.36. The van der Waals surface area contributed by atoms with Crippen LogP contribution in [0.15, 0.2) is 59.0 Å². The zero-order valence-electron chi connectivity index (χ0n) is 15.0. The average Bonchev–Trinajstić information content (AvgIpc) is 3.38. The molecule has 142 valence electrons. The first-order chi connectivity index (χ1) is 13.7. The largest absolute Gasteiger partial charge is 0.504 e. The van der Waals surface area contributed by atoms with E-state index < -0.39 is 6.23 Å². The van der Waals surface area contributed by atoms with Gasteiger partial charge in [0.05, 0.1) is 29.3 Å². The summed E-state index contributed by atoms with van der Waals surface area (Å²) >= 11 is 7.94. The van der Waals surface area contributed by atoms with Gasteiger partial charge in [-0.1, -0.05) is 35.9 Å². The lowest BCUT2D eigenvalue weighted by Gasteiger charge is -2.38. The van der Waals surface area contributed by atoms with Crippen LogP contribution >= 0.6 is 22.9 Å². The summed E-state index contributed by atoms with van der Waals surface area (Å²) in [4.78, 5) is 1.14. The highest BCUT2D eigenvalue weighted by Gasteiger charge is 2.42. The SMILES string of the molecule is COc1cc(Cl)cc([C@H]2Oc3ccccc3[C@H]3CC(c4cccs4)=NN32)c1O. The summed E-state index contributed by atoms with van der Waals surface area (Å²) in [5.41, 5.74) is 2.63.